The van der Waals surface area contributed by atoms with Crippen molar-refractivity contribution >= 4 is 17.5 Å². The molecule has 0 aromatic carbocycles. The summed E-state index contributed by atoms with van der Waals surface area (Å²) in [6.45, 7) is 3.60. The van der Waals surface area contributed by atoms with E-state index < -0.39 is 41.5 Å². The van der Waals surface area contributed by atoms with E-state index in [2.05, 4.69) is 15.3 Å². The number of hydrogen-bond acceptors (Lipinski definition) is 8. The van der Waals surface area contributed by atoms with E-state index in [0.29, 0.717) is 5.82 Å². The van der Waals surface area contributed by atoms with Crippen LogP contribution in [-0.2, 0) is 11.3 Å². The third-order valence-corrected chi connectivity index (χ3v) is 5.01. The molecule has 0 radical (unpaired) electrons. The quantitative estimate of drug-likeness (QED) is 0.462. The summed E-state index contributed by atoms with van der Waals surface area (Å²) >= 11 is 5.72. The van der Waals surface area contributed by atoms with E-state index in [1.54, 1.807) is 0 Å². The predicted molar refractivity (Wildman–Crippen MR) is 105 cm³/mol. The number of nitrogens with one attached hydrogen (secondary N) is 2. The molecule has 0 saturated carbocycles. The van der Waals surface area contributed by atoms with Crippen molar-refractivity contribution in [1.82, 2.24) is 24.8 Å². The highest BCUT2D eigenvalue weighted by atomic mass is 35.5. The molecule has 1 fully saturated rings. The summed E-state index contributed by atoms with van der Waals surface area (Å²) < 4.78 is 6.61. The van der Waals surface area contributed by atoms with Crippen molar-refractivity contribution in [2.75, 3.05) is 6.61 Å². The third kappa shape index (κ3) is 4.75. The molecule has 0 spiro atoms. The molecule has 30 heavy (non-hydrogen) atoms. The van der Waals surface area contributed by atoms with Crippen LogP contribution in [0.25, 0.3) is 0 Å². The zero-order chi connectivity index (χ0) is 22.0. The first-order chi connectivity index (χ1) is 14.2. The fourth-order valence-corrected chi connectivity index (χ4v) is 3.15. The summed E-state index contributed by atoms with van der Waals surface area (Å²) in [5.41, 5.74) is -1.25. The summed E-state index contributed by atoms with van der Waals surface area (Å²) in [4.78, 5) is 45.9. The molecule has 11 nitrogen and oxygen atoms in total. The van der Waals surface area contributed by atoms with Gasteiger partial charge in [-0.2, -0.15) is 0 Å². The van der Waals surface area contributed by atoms with E-state index >= 15 is 0 Å². The fraction of sp³-hybridized carbons (Fsp3) is 0.500. The van der Waals surface area contributed by atoms with Gasteiger partial charge in [-0.15, -0.1) is 0 Å². The summed E-state index contributed by atoms with van der Waals surface area (Å²) in [6, 6.07) is -0.885. The second-order valence-corrected chi connectivity index (χ2v) is 7.71. The van der Waals surface area contributed by atoms with Gasteiger partial charge in [0.05, 0.1) is 24.8 Å². The molecule has 3 heterocycles. The lowest BCUT2D eigenvalue weighted by molar-refractivity contribution is -0.152. The van der Waals surface area contributed by atoms with Gasteiger partial charge in [0.25, 0.3) is 11.5 Å². The van der Waals surface area contributed by atoms with Gasteiger partial charge in [0, 0.05) is 24.5 Å². The highest BCUT2D eigenvalue weighted by Gasteiger charge is 2.39. The smallest absolute Gasteiger partial charge is 0.328 e. The van der Waals surface area contributed by atoms with Crippen molar-refractivity contribution in [2.24, 2.45) is 0 Å². The van der Waals surface area contributed by atoms with E-state index in [0.717, 1.165) is 10.8 Å². The molecule has 0 aliphatic carbocycles. The molecule has 1 aliphatic rings. The average molecular weight is 440 g/mol. The van der Waals surface area contributed by atoms with Crippen LogP contribution in [-0.4, -0.2) is 66.6 Å². The van der Waals surface area contributed by atoms with Crippen molar-refractivity contribution in [2.45, 2.75) is 50.7 Å². The molecule has 1 aliphatic heterocycles. The zero-order valence-electron chi connectivity index (χ0n) is 16.3. The first kappa shape index (κ1) is 22.1. The molecule has 162 valence electrons. The molecule has 2 aromatic rings. The van der Waals surface area contributed by atoms with Gasteiger partial charge >= 0.3 is 5.69 Å². The highest BCUT2D eigenvalue weighted by Crippen LogP contribution is 2.18. The van der Waals surface area contributed by atoms with E-state index in [1.165, 1.54) is 12.4 Å². The predicted octanol–water partition coefficient (Wildman–Crippen LogP) is -0.977. The minimum atomic E-state index is -1.40. The lowest BCUT2D eigenvalue weighted by Crippen LogP contribution is -2.60. The number of hydrogen-bond donors (Lipinski definition) is 4. The van der Waals surface area contributed by atoms with Gasteiger partial charge in [-0.3, -0.25) is 19.1 Å². The minimum Gasteiger partial charge on any atom is -0.388 e. The van der Waals surface area contributed by atoms with Gasteiger partial charge in [0.1, 0.15) is 29.2 Å². The summed E-state index contributed by atoms with van der Waals surface area (Å²) in [5, 5.41) is 23.2. The van der Waals surface area contributed by atoms with Crippen molar-refractivity contribution in [3.05, 3.63) is 55.8 Å². The van der Waals surface area contributed by atoms with Crippen molar-refractivity contribution < 1.29 is 19.7 Å². The molecule has 4 atom stereocenters. The Balaban J connectivity index is 1.64. The van der Waals surface area contributed by atoms with Crippen LogP contribution in [0.5, 0.6) is 0 Å². The van der Waals surface area contributed by atoms with Crippen molar-refractivity contribution in [3.63, 3.8) is 0 Å². The lowest BCUT2D eigenvalue weighted by atomic mass is 9.97. The van der Waals surface area contributed by atoms with Gasteiger partial charge < -0.3 is 20.3 Å². The second kappa shape index (κ2) is 9.04. The van der Waals surface area contributed by atoms with Gasteiger partial charge in [0.15, 0.2) is 0 Å². The Morgan fingerprint density at radius 3 is 2.63 bits per heavy atom. The van der Waals surface area contributed by atoms with Crippen LogP contribution in [0.15, 0.2) is 28.2 Å². The Morgan fingerprint density at radius 1 is 1.33 bits per heavy atom. The maximum Gasteiger partial charge on any atom is 0.328 e. The Labute approximate surface area is 175 Å². The molecule has 0 bridgehead atoms. The number of amides is 1. The SMILES string of the molecule is CC(C)c1ncc(C(=O)N[C@@H]2CO[C@H](Cn3cc(Cl)c(=O)[nH]c3=O)[C@@H](O)[C@H]2O)cn1. The first-order valence-electron chi connectivity index (χ1n) is 9.27. The Hall–Kier alpha value is -2.60. The molecule has 0 unspecified atom stereocenters. The minimum absolute atomic E-state index is 0.106. The number of H-pyrrole nitrogens is 1. The number of halogens is 1. The molecule has 12 heteroatoms. The van der Waals surface area contributed by atoms with Gasteiger partial charge in [-0.25, -0.2) is 14.8 Å². The number of aromatic nitrogens is 4. The van der Waals surface area contributed by atoms with E-state index in [1.807, 2.05) is 18.8 Å². The average Bonchev–Trinajstić information content (AvgIpc) is 2.71. The van der Waals surface area contributed by atoms with E-state index in [9.17, 15) is 24.6 Å². The number of ether oxygens (including phenoxy) is 1. The van der Waals surface area contributed by atoms with Crippen LogP contribution in [0, 0.1) is 0 Å². The van der Waals surface area contributed by atoms with Gasteiger partial charge in [0.2, 0.25) is 0 Å². The van der Waals surface area contributed by atoms with E-state index in [-0.39, 0.29) is 29.7 Å². The van der Waals surface area contributed by atoms with Crippen LogP contribution in [0.1, 0.15) is 35.9 Å². The summed E-state index contributed by atoms with van der Waals surface area (Å²) in [7, 11) is 0. The second-order valence-electron chi connectivity index (χ2n) is 7.31. The normalized spacial score (nSPS) is 24.1. The van der Waals surface area contributed by atoms with Crippen molar-refractivity contribution in [3.8, 4) is 0 Å². The van der Waals surface area contributed by atoms with Crippen LogP contribution in [0.3, 0.4) is 0 Å². The fourth-order valence-electron chi connectivity index (χ4n) is 2.99. The first-order valence-corrected chi connectivity index (χ1v) is 9.65. The number of aromatic amines is 1. The Morgan fingerprint density at radius 2 is 2.00 bits per heavy atom. The number of carbonyl (C=O) groups excluding carboxylic acids is 1. The van der Waals surface area contributed by atoms with Crippen LogP contribution < -0.4 is 16.6 Å². The monoisotopic (exact) mass is 439 g/mol. The van der Waals surface area contributed by atoms with Gasteiger partial charge in [-0.05, 0) is 0 Å². The molecule has 2 aromatic heterocycles. The van der Waals surface area contributed by atoms with Crippen LogP contribution in [0.2, 0.25) is 5.02 Å². The number of carbonyl (C=O) groups is 1. The number of rotatable bonds is 5. The Bertz CT molecular complexity index is 1020. The van der Waals surface area contributed by atoms with E-state index in [4.69, 9.17) is 16.3 Å². The topological polar surface area (TPSA) is 159 Å². The zero-order valence-corrected chi connectivity index (χ0v) is 17.0. The van der Waals surface area contributed by atoms with Crippen LogP contribution >= 0.6 is 11.6 Å². The van der Waals surface area contributed by atoms with Crippen LogP contribution in [0.4, 0.5) is 0 Å². The third-order valence-electron chi connectivity index (χ3n) is 4.74. The number of aliphatic hydroxyl groups excluding tert-OH is 2. The molecule has 4 N–H and O–H groups in total. The maximum atomic E-state index is 12.4. The lowest BCUT2D eigenvalue weighted by Gasteiger charge is -2.38. The molecule has 3 rings (SSSR count). The highest BCUT2D eigenvalue weighted by molar-refractivity contribution is 6.30. The summed E-state index contributed by atoms with van der Waals surface area (Å²) in [5.74, 6) is 0.197. The standard InChI is InChI=1S/C18H22ClN5O6/c1-8(2)15-20-3-9(4-21-15)16(27)22-11-7-30-12(14(26)13(11)25)6-24-5-10(19)17(28)23-18(24)29/h3-5,8,11-14,25-26H,6-7H2,1-2H3,(H,22,27)(H,23,28,29)/t11-,12-,13+,14-/m1/s1. The van der Waals surface area contributed by atoms with Crippen molar-refractivity contribution in [1.29, 1.82) is 0 Å². The number of nitrogens with zero attached hydrogens (tertiary/aromatic N) is 3. The number of aliphatic hydroxyl groups is 2. The molecular formula is C18H22ClN5O6. The molecular weight excluding hydrogens is 418 g/mol. The largest absolute Gasteiger partial charge is 0.388 e. The maximum absolute atomic E-state index is 12.4. The molecule has 1 amide bonds. The summed E-state index contributed by atoms with van der Waals surface area (Å²) in [6.07, 6.45) is 0.193. The van der Waals surface area contributed by atoms with Gasteiger partial charge in [-0.1, -0.05) is 25.4 Å². The molecule has 1 saturated heterocycles. The Kier molecular flexibility index (Phi) is 6.66.